The number of hydrogen-bond donors (Lipinski definition) is 2. The van der Waals surface area contributed by atoms with Crippen LogP contribution in [0.5, 0.6) is 5.75 Å². The van der Waals surface area contributed by atoms with E-state index in [2.05, 4.69) is 0 Å². The number of phenols is 1. The summed E-state index contributed by atoms with van der Waals surface area (Å²) in [5.41, 5.74) is -0.263. The molecule has 2 atom stereocenters. The van der Waals surface area contributed by atoms with Crippen molar-refractivity contribution in [1.29, 1.82) is 0 Å². The van der Waals surface area contributed by atoms with Gasteiger partial charge in [0.05, 0.1) is 5.60 Å². The number of thioether (sulfide) groups is 1. The molecule has 16 heavy (non-hydrogen) atoms. The lowest BCUT2D eigenvalue weighted by molar-refractivity contribution is -0.00296. The number of aromatic hydroxyl groups is 1. The molecule has 0 aromatic heterocycles. The number of hydrogen-bond acceptors (Lipinski definition) is 3. The second kappa shape index (κ2) is 4.68. The van der Waals surface area contributed by atoms with Crippen molar-refractivity contribution in [2.45, 2.75) is 25.4 Å². The topological polar surface area (TPSA) is 40.5 Å². The van der Waals surface area contributed by atoms with E-state index in [0.717, 1.165) is 18.6 Å². The van der Waals surface area contributed by atoms with Crippen LogP contribution < -0.4 is 0 Å². The van der Waals surface area contributed by atoms with Gasteiger partial charge in [0.15, 0.2) is 0 Å². The van der Waals surface area contributed by atoms with Crippen LogP contribution in [-0.4, -0.2) is 21.7 Å². The van der Waals surface area contributed by atoms with Gasteiger partial charge in [-0.1, -0.05) is 18.2 Å². The number of benzene rings is 1. The maximum absolute atomic E-state index is 10.6. The zero-order valence-corrected chi connectivity index (χ0v) is 10.3. The first kappa shape index (κ1) is 11.8. The van der Waals surface area contributed by atoms with Crippen molar-refractivity contribution in [3.63, 3.8) is 0 Å². The van der Waals surface area contributed by atoms with E-state index in [0.29, 0.717) is 5.56 Å². The summed E-state index contributed by atoms with van der Waals surface area (Å²) in [5, 5.41) is 20.4. The average molecular weight is 238 g/mol. The lowest BCUT2D eigenvalue weighted by Gasteiger charge is -2.36. The van der Waals surface area contributed by atoms with E-state index in [9.17, 15) is 10.2 Å². The molecule has 0 amide bonds. The molecule has 0 radical (unpaired) electrons. The minimum Gasteiger partial charge on any atom is -0.508 e. The van der Waals surface area contributed by atoms with Crippen molar-refractivity contribution in [2.75, 3.05) is 11.5 Å². The number of aliphatic hydroxyl groups is 1. The van der Waals surface area contributed by atoms with E-state index in [1.165, 1.54) is 5.75 Å². The number of para-hydroxylation sites is 1. The zero-order chi connectivity index (χ0) is 11.6. The molecule has 2 unspecified atom stereocenters. The Labute approximate surface area is 101 Å². The van der Waals surface area contributed by atoms with Crippen molar-refractivity contribution in [2.24, 2.45) is 5.92 Å². The van der Waals surface area contributed by atoms with E-state index in [-0.39, 0.29) is 11.7 Å². The Hall–Kier alpha value is -0.670. The summed E-state index contributed by atoms with van der Waals surface area (Å²) < 4.78 is 0. The summed E-state index contributed by atoms with van der Waals surface area (Å²) in [4.78, 5) is 0. The Morgan fingerprint density at radius 1 is 1.38 bits per heavy atom. The Morgan fingerprint density at radius 3 is 2.75 bits per heavy atom. The van der Waals surface area contributed by atoms with Gasteiger partial charge < -0.3 is 10.2 Å². The normalized spacial score (nSPS) is 25.0. The first-order valence-electron chi connectivity index (χ1n) is 5.71. The molecule has 0 saturated carbocycles. The third kappa shape index (κ3) is 2.20. The Morgan fingerprint density at radius 2 is 2.12 bits per heavy atom. The third-order valence-corrected chi connectivity index (χ3v) is 4.62. The van der Waals surface area contributed by atoms with Crippen LogP contribution in [0, 0.1) is 5.92 Å². The second-order valence-electron chi connectivity index (χ2n) is 4.58. The molecular weight excluding hydrogens is 220 g/mol. The molecule has 3 heteroatoms. The summed E-state index contributed by atoms with van der Waals surface area (Å²) >= 11 is 1.89. The Bertz CT molecular complexity index is 357. The van der Waals surface area contributed by atoms with Crippen molar-refractivity contribution in [3.8, 4) is 5.75 Å². The van der Waals surface area contributed by atoms with Gasteiger partial charge in [0.1, 0.15) is 5.75 Å². The van der Waals surface area contributed by atoms with Crippen molar-refractivity contribution < 1.29 is 10.2 Å². The second-order valence-corrected chi connectivity index (χ2v) is 5.73. The highest BCUT2D eigenvalue weighted by molar-refractivity contribution is 7.99. The Kier molecular flexibility index (Phi) is 3.45. The number of phenolic OH excluding ortho intramolecular Hbond substituents is 1. The van der Waals surface area contributed by atoms with E-state index >= 15 is 0 Å². The Balaban J connectivity index is 2.26. The number of rotatable bonds is 2. The van der Waals surface area contributed by atoms with Crippen LogP contribution in [0.3, 0.4) is 0 Å². The smallest absolute Gasteiger partial charge is 0.121 e. The molecule has 0 spiro atoms. The van der Waals surface area contributed by atoms with E-state index in [1.54, 1.807) is 12.1 Å². The fourth-order valence-electron chi connectivity index (χ4n) is 2.31. The van der Waals surface area contributed by atoms with Crippen LogP contribution in [-0.2, 0) is 5.60 Å². The molecule has 2 rings (SSSR count). The van der Waals surface area contributed by atoms with Gasteiger partial charge in [-0.3, -0.25) is 0 Å². The summed E-state index contributed by atoms with van der Waals surface area (Å²) in [7, 11) is 0. The fraction of sp³-hybridized carbons (Fsp3) is 0.538. The van der Waals surface area contributed by atoms with Gasteiger partial charge in [0, 0.05) is 11.5 Å². The van der Waals surface area contributed by atoms with Crippen LogP contribution in [0.15, 0.2) is 24.3 Å². The molecule has 1 fully saturated rings. The van der Waals surface area contributed by atoms with Crippen molar-refractivity contribution >= 4 is 11.8 Å². The molecule has 0 bridgehead atoms. The monoisotopic (exact) mass is 238 g/mol. The van der Waals surface area contributed by atoms with Gasteiger partial charge in [-0.05, 0) is 37.3 Å². The molecule has 2 N–H and O–H groups in total. The highest BCUT2D eigenvalue weighted by Gasteiger charge is 2.36. The van der Waals surface area contributed by atoms with Crippen LogP contribution >= 0.6 is 11.8 Å². The first-order valence-corrected chi connectivity index (χ1v) is 6.86. The van der Waals surface area contributed by atoms with E-state index in [4.69, 9.17) is 0 Å². The van der Waals surface area contributed by atoms with Gasteiger partial charge in [-0.2, -0.15) is 11.8 Å². The minimum atomic E-state index is -0.918. The van der Waals surface area contributed by atoms with Gasteiger partial charge in [-0.25, -0.2) is 0 Å². The molecular formula is C13H18O2S. The molecule has 1 saturated heterocycles. The van der Waals surface area contributed by atoms with Crippen molar-refractivity contribution in [1.82, 2.24) is 0 Å². The third-order valence-electron chi connectivity index (χ3n) is 3.40. The van der Waals surface area contributed by atoms with Crippen LogP contribution in [0.25, 0.3) is 0 Å². The first-order chi connectivity index (χ1) is 7.62. The van der Waals surface area contributed by atoms with Crippen molar-refractivity contribution in [3.05, 3.63) is 29.8 Å². The van der Waals surface area contributed by atoms with E-state index in [1.807, 2.05) is 30.8 Å². The highest BCUT2D eigenvalue weighted by atomic mass is 32.2. The lowest BCUT2D eigenvalue weighted by atomic mass is 9.81. The predicted molar refractivity (Wildman–Crippen MR) is 67.7 cm³/mol. The van der Waals surface area contributed by atoms with E-state index < -0.39 is 5.60 Å². The van der Waals surface area contributed by atoms with Crippen LogP contribution in [0.1, 0.15) is 25.3 Å². The van der Waals surface area contributed by atoms with Gasteiger partial charge >= 0.3 is 0 Å². The molecule has 1 aliphatic heterocycles. The fourth-order valence-corrected chi connectivity index (χ4v) is 3.62. The van der Waals surface area contributed by atoms with Gasteiger partial charge in [0.2, 0.25) is 0 Å². The summed E-state index contributed by atoms with van der Waals surface area (Å²) in [5.74, 6) is 2.59. The standard InChI is InChI=1S/C13H18O2S/c1-13(15,10-5-4-8-16-9-10)11-6-2-3-7-12(11)14/h2-3,6-7,10,14-15H,4-5,8-9H2,1H3. The summed E-state index contributed by atoms with van der Waals surface area (Å²) in [6.45, 7) is 1.82. The molecule has 1 aliphatic rings. The largest absolute Gasteiger partial charge is 0.508 e. The SMILES string of the molecule is CC(O)(c1ccccc1O)C1CCCSC1. The maximum Gasteiger partial charge on any atom is 0.121 e. The zero-order valence-electron chi connectivity index (χ0n) is 9.52. The molecule has 1 aromatic carbocycles. The molecule has 88 valence electrons. The molecule has 2 nitrogen and oxygen atoms in total. The van der Waals surface area contributed by atoms with Gasteiger partial charge in [-0.15, -0.1) is 0 Å². The highest BCUT2D eigenvalue weighted by Crippen LogP contribution is 2.40. The van der Waals surface area contributed by atoms with Gasteiger partial charge in [0.25, 0.3) is 0 Å². The average Bonchev–Trinajstić information content (AvgIpc) is 2.30. The van der Waals surface area contributed by atoms with Crippen LogP contribution in [0.4, 0.5) is 0 Å². The quantitative estimate of drug-likeness (QED) is 0.832. The maximum atomic E-state index is 10.6. The van der Waals surface area contributed by atoms with Crippen LogP contribution in [0.2, 0.25) is 0 Å². The summed E-state index contributed by atoms with van der Waals surface area (Å²) in [6.07, 6.45) is 2.19. The lowest BCUT2D eigenvalue weighted by Crippen LogP contribution is -2.35. The summed E-state index contributed by atoms with van der Waals surface area (Å²) in [6, 6.07) is 7.10. The molecule has 1 heterocycles. The predicted octanol–water partition coefficient (Wildman–Crippen LogP) is 2.74. The minimum absolute atomic E-state index is 0.197. The molecule has 1 aromatic rings. The molecule has 0 aliphatic carbocycles.